The highest BCUT2D eigenvalue weighted by Gasteiger charge is 2.15. The first kappa shape index (κ1) is 12.6. The van der Waals surface area contributed by atoms with Crippen LogP contribution < -0.4 is 5.32 Å². The molecule has 1 amide bonds. The van der Waals surface area contributed by atoms with Crippen molar-refractivity contribution in [3.63, 3.8) is 0 Å². The average molecular weight is 268 g/mol. The fourth-order valence-electron chi connectivity index (χ4n) is 1.61. The van der Waals surface area contributed by atoms with E-state index in [0.29, 0.717) is 5.82 Å². The molecule has 0 saturated heterocycles. The van der Waals surface area contributed by atoms with Gasteiger partial charge in [0.05, 0.1) is 10.6 Å². The van der Waals surface area contributed by atoms with Crippen LogP contribution in [-0.2, 0) is 11.3 Å². The first-order chi connectivity index (χ1) is 8.63. The molecular weight excluding hydrogens is 257 g/mol. The van der Waals surface area contributed by atoms with Crippen LogP contribution in [0.15, 0.2) is 30.6 Å². The highest BCUT2D eigenvalue weighted by molar-refractivity contribution is 6.33. The summed E-state index contributed by atoms with van der Waals surface area (Å²) >= 11 is 5.97. The Balaban J connectivity index is 2.46. The van der Waals surface area contributed by atoms with E-state index in [-0.39, 0.29) is 23.0 Å². The van der Waals surface area contributed by atoms with E-state index in [4.69, 9.17) is 11.6 Å². The molecule has 0 atom stereocenters. The lowest BCUT2D eigenvalue weighted by atomic mass is 10.2. The van der Waals surface area contributed by atoms with E-state index in [1.165, 1.54) is 25.4 Å². The maximum Gasteiger partial charge on any atom is 0.239 e. The second-order valence-corrected chi connectivity index (χ2v) is 4.06. The number of carbonyl (C=O) groups excluding carboxylic acids is 1. The predicted octanol–water partition coefficient (Wildman–Crippen LogP) is 2.09. The van der Waals surface area contributed by atoms with Gasteiger partial charge in [-0.25, -0.2) is 9.37 Å². The van der Waals surface area contributed by atoms with Crippen molar-refractivity contribution >= 4 is 17.5 Å². The van der Waals surface area contributed by atoms with Crippen molar-refractivity contribution in [1.82, 2.24) is 14.9 Å². The van der Waals surface area contributed by atoms with Crippen molar-refractivity contribution in [2.24, 2.45) is 0 Å². The summed E-state index contributed by atoms with van der Waals surface area (Å²) in [5.74, 6) is -0.324. The predicted molar refractivity (Wildman–Crippen MR) is 66.7 cm³/mol. The first-order valence-corrected chi connectivity index (χ1v) is 5.67. The maximum atomic E-state index is 13.8. The highest BCUT2D eigenvalue weighted by atomic mass is 35.5. The molecule has 18 heavy (non-hydrogen) atoms. The van der Waals surface area contributed by atoms with Crippen molar-refractivity contribution in [3.8, 4) is 11.4 Å². The molecule has 0 aliphatic carbocycles. The van der Waals surface area contributed by atoms with E-state index in [1.807, 2.05) is 0 Å². The molecule has 0 aliphatic heterocycles. The summed E-state index contributed by atoms with van der Waals surface area (Å²) < 4.78 is 15.3. The van der Waals surface area contributed by atoms with Gasteiger partial charge in [0.25, 0.3) is 0 Å². The molecule has 1 heterocycles. The fraction of sp³-hybridized carbons (Fsp3) is 0.167. The summed E-state index contributed by atoms with van der Waals surface area (Å²) in [6.07, 6.45) is 3.11. The zero-order valence-electron chi connectivity index (χ0n) is 9.65. The number of amides is 1. The van der Waals surface area contributed by atoms with Gasteiger partial charge in [0.1, 0.15) is 18.2 Å². The maximum absolute atomic E-state index is 13.8. The number of carbonyl (C=O) groups is 1. The second-order valence-electron chi connectivity index (χ2n) is 3.65. The number of nitrogens with zero attached hydrogens (tertiary/aromatic N) is 2. The molecule has 2 aromatic rings. The van der Waals surface area contributed by atoms with E-state index < -0.39 is 5.82 Å². The van der Waals surface area contributed by atoms with Crippen molar-refractivity contribution in [2.45, 2.75) is 6.54 Å². The van der Waals surface area contributed by atoms with Gasteiger partial charge in [-0.15, -0.1) is 0 Å². The van der Waals surface area contributed by atoms with Gasteiger partial charge in [-0.05, 0) is 12.1 Å². The standard InChI is InChI=1S/C12H11ClFN3O/c1-15-10(18)7-17-6-5-16-12(17)11-8(13)3-2-4-9(11)14/h2-6H,7H2,1H3,(H,15,18). The van der Waals surface area contributed by atoms with Crippen LogP contribution in [-0.4, -0.2) is 22.5 Å². The van der Waals surface area contributed by atoms with E-state index in [1.54, 1.807) is 16.8 Å². The Bertz CT molecular complexity index is 562. The number of hydrogen-bond donors (Lipinski definition) is 1. The third-order valence-electron chi connectivity index (χ3n) is 2.49. The zero-order chi connectivity index (χ0) is 13.1. The largest absolute Gasteiger partial charge is 0.358 e. The van der Waals surface area contributed by atoms with E-state index >= 15 is 0 Å². The van der Waals surface area contributed by atoms with Crippen molar-refractivity contribution in [2.75, 3.05) is 7.05 Å². The van der Waals surface area contributed by atoms with Gasteiger partial charge in [0.2, 0.25) is 5.91 Å². The number of halogens is 2. The summed E-state index contributed by atoms with van der Waals surface area (Å²) in [5, 5.41) is 2.76. The number of imidazole rings is 1. The first-order valence-electron chi connectivity index (χ1n) is 5.29. The van der Waals surface area contributed by atoms with Crippen molar-refractivity contribution in [1.29, 1.82) is 0 Å². The Labute approximate surface area is 108 Å². The van der Waals surface area contributed by atoms with E-state index in [0.717, 1.165) is 0 Å². The molecule has 6 heteroatoms. The number of likely N-dealkylation sites (N-methyl/N-ethyl adjacent to an activating group) is 1. The Kier molecular flexibility index (Phi) is 3.62. The molecule has 1 aromatic carbocycles. The third kappa shape index (κ3) is 2.36. The quantitative estimate of drug-likeness (QED) is 0.926. The molecule has 1 aromatic heterocycles. The van der Waals surface area contributed by atoms with Crippen LogP contribution in [0.3, 0.4) is 0 Å². The molecule has 0 spiro atoms. The summed E-state index contributed by atoms with van der Waals surface area (Å²) in [6, 6.07) is 4.41. The van der Waals surface area contributed by atoms with Gasteiger partial charge in [-0.3, -0.25) is 4.79 Å². The monoisotopic (exact) mass is 267 g/mol. The van der Waals surface area contributed by atoms with Crippen molar-refractivity contribution < 1.29 is 9.18 Å². The van der Waals surface area contributed by atoms with Crippen molar-refractivity contribution in [3.05, 3.63) is 41.4 Å². The van der Waals surface area contributed by atoms with Crippen LogP contribution in [0.5, 0.6) is 0 Å². The molecular formula is C12H11ClFN3O. The normalized spacial score (nSPS) is 10.4. The zero-order valence-corrected chi connectivity index (χ0v) is 10.4. The molecule has 1 N–H and O–H groups in total. The van der Waals surface area contributed by atoms with Crippen LogP contribution in [0.4, 0.5) is 4.39 Å². The van der Waals surface area contributed by atoms with E-state index in [9.17, 15) is 9.18 Å². The number of rotatable bonds is 3. The molecule has 4 nitrogen and oxygen atoms in total. The minimum Gasteiger partial charge on any atom is -0.358 e. The Morgan fingerprint density at radius 1 is 1.56 bits per heavy atom. The molecule has 0 aliphatic rings. The summed E-state index contributed by atoms with van der Waals surface area (Å²) in [6.45, 7) is 0.0660. The van der Waals surface area contributed by atoms with Gasteiger partial charge in [-0.1, -0.05) is 17.7 Å². The van der Waals surface area contributed by atoms with Gasteiger partial charge in [-0.2, -0.15) is 0 Å². The van der Waals surface area contributed by atoms with Gasteiger partial charge in [0, 0.05) is 19.4 Å². The third-order valence-corrected chi connectivity index (χ3v) is 2.81. The van der Waals surface area contributed by atoms with Crippen LogP contribution in [0.25, 0.3) is 11.4 Å². The lowest BCUT2D eigenvalue weighted by Crippen LogP contribution is -2.23. The second kappa shape index (κ2) is 5.18. The van der Waals surface area contributed by atoms with Crippen LogP contribution in [0, 0.1) is 5.82 Å². The Morgan fingerprint density at radius 3 is 3.00 bits per heavy atom. The lowest BCUT2D eigenvalue weighted by Gasteiger charge is -2.09. The highest BCUT2D eigenvalue weighted by Crippen LogP contribution is 2.29. The summed E-state index contributed by atoms with van der Waals surface area (Å²) in [7, 11) is 1.54. The Morgan fingerprint density at radius 2 is 2.33 bits per heavy atom. The Hall–Kier alpha value is -1.88. The molecule has 0 fully saturated rings. The number of benzene rings is 1. The molecule has 0 saturated carbocycles. The van der Waals surface area contributed by atoms with Crippen LogP contribution in [0.1, 0.15) is 0 Å². The smallest absolute Gasteiger partial charge is 0.239 e. The summed E-state index contributed by atoms with van der Waals surface area (Å²) in [4.78, 5) is 15.4. The molecule has 0 radical (unpaired) electrons. The molecule has 2 rings (SSSR count). The number of aromatic nitrogens is 2. The molecule has 94 valence electrons. The van der Waals surface area contributed by atoms with Gasteiger partial charge >= 0.3 is 0 Å². The average Bonchev–Trinajstić information content (AvgIpc) is 2.77. The minimum atomic E-state index is -0.466. The minimum absolute atomic E-state index is 0.0660. The summed E-state index contributed by atoms with van der Waals surface area (Å²) in [5.41, 5.74) is 0.202. The van der Waals surface area contributed by atoms with Gasteiger partial charge in [0.15, 0.2) is 0 Å². The lowest BCUT2D eigenvalue weighted by molar-refractivity contribution is -0.121. The number of nitrogens with one attached hydrogen (secondary N) is 1. The topological polar surface area (TPSA) is 46.9 Å². The molecule has 0 bridgehead atoms. The van der Waals surface area contributed by atoms with Crippen LogP contribution >= 0.6 is 11.6 Å². The van der Waals surface area contributed by atoms with Gasteiger partial charge < -0.3 is 9.88 Å². The number of hydrogen-bond acceptors (Lipinski definition) is 2. The fourth-order valence-corrected chi connectivity index (χ4v) is 1.86. The SMILES string of the molecule is CNC(=O)Cn1ccnc1-c1c(F)cccc1Cl. The molecule has 0 unspecified atom stereocenters. The van der Waals surface area contributed by atoms with E-state index in [2.05, 4.69) is 10.3 Å². The van der Waals surface area contributed by atoms with Crippen LogP contribution in [0.2, 0.25) is 5.02 Å².